The molecule has 0 spiro atoms. The summed E-state index contributed by atoms with van der Waals surface area (Å²) in [6.45, 7) is 1.82. The summed E-state index contributed by atoms with van der Waals surface area (Å²) in [6.07, 6.45) is 3.24. The highest BCUT2D eigenvalue weighted by molar-refractivity contribution is 7.15. The van der Waals surface area contributed by atoms with Gasteiger partial charge in [0.15, 0.2) is 5.82 Å². The molecule has 0 amide bonds. The van der Waals surface area contributed by atoms with Crippen LogP contribution >= 0.6 is 34.5 Å². The number of aromatic nitrogens is 3. The number of halogens is 2. The fourth-order valence-electron chi connectivity index (χ4n) is 2.98. The standard InChI is InChI=1S/C20H11Cl2N3O3S/c1-10-15(4-5-27-10)18-23-20-25(24-18)19(26)17(29-20)9-14-2-3-16(28-14)11-6-12(21)8-13(22)7-11/h2-9H,1H3/b17-9+. The predicted octanol–water partition coefficient (Wildman–Crippen LogP) is 4.83. The van der Waals surface area contributed by atoms with Gasteiger partial charge >= 0.3 is 0 Å². The van der Waals surface area contributed by atoms with Gasteiger partial charge in [-0.1, -0.05) is 34.5 Å². The van der Waals surface area contributed by atoms with Gasteiger partial charge in [-0.2, -0.15) is 9.50 Å². The Bertz CT molecular complexity index is 1460. The first kappa shape index (κ1) is 18.2. The van der Waals surface area contributed by atoms with Crippen LogP contribution in [0.2, 0.25) is 10.0 Å². The number of aryl methyl sites for hydroxylation is 1. The third-order valence-corrected chi connectivity index (χ3v) is 5.72. The topological polar surface area (TPSA) is 73.5 Å². The van der Waals surface area contributed by atoms with E-state index < -0.39 is 0 Å². The van der Waals surface area contributed by atoms with Gasteiger partial charge in [-0.05, 0) is 43.3 Å². The van der Waals surface area contributed by atoms with E-state index in [0.717, 1.165) is 11.1 Å². The molecule has 0 N–H and O–H groups in total. The monoisotopic (exact) mass is 443 g/mol. The number of furan rings is 2. The Labute approximate surface area is 177 Å². The third kappa shape index (κ3) is 3.27. The summed E-state index contributed by atoms with van der Waals surface area (Å²) in [7, 11) is 0. The van der Waals surface area contributed by atoms with Crippen LogP contribution in [0.3, 0.4) is 0 Å². The van der Waals surface area contributed by atoms with E-state index in [1.807, 2.05) is 6.92 Å². The SMILES string of the molecule is Cc1occc1-c1nc2s/c(=C/c3ccc(-c4cc(Cl)cc(Cl)c4)o3)c(=O)n2n1. The van der Waals surface area contributed by atoms with E-state index in [0.29, 0.717) is 42.6 Å². The number of hydrogen-bond donors (Lipinski definition) is 0. The minimum absolute atomic E-state index is 0.256. The van der Waals surface area contributed by atoms with Crippen molar-refractivity contribution in [3.8, 4) is 22.7 Å². The Balaban J connectivity index is 1.54. The molecule has 0 aliphatic heterocycles. The summed E-state index contributed by atoms with van der Waals surface area (Å²) in [5, 5.41) is 5.35. The molecule has 6 nitrogen and oxygen atoms in total. The van der Waals surface area contributed by atoms with Gasteiger partial charge in [-0.3, -0.25) is 4.79 Å². The first-order valence-corrected chi connectivity index (χ1v) is 10.1. The Morgan fingerprint density at radius 2 is 1.93 bits per heavy atom. The second-order valence-electron chi connectivity index (χ2n) is 6.30. The van der Waals surface area contributed by atoms with Crippen molar-refractivity contribution >= 4 is 45.6 Å². The first-order chi connectivity index (χ1) is 14.0. The van der Waals surface area contributed by atoms with E-state index in [1.54, 1.807) is 48.7 Å². The number of hydrogen-bond acceptors (Lipinski definition) is 6. The molecular formula is C20H11Cl2N3O3S. The van der Waals surface area contributed by atoms with Crippen molar-refractivity contribution in [2.45, 2.75) is 6.92 Å². The zero-order chi connectivity index (χ0) is 20.1. The van der Waals surface area contributed by atoms with Gasteiger partial charge in [-0.25, -0.2) is 0 Å². The Kier molecular flexibility index (Phi) is 4.31. The maximum Gasteiger partial charge on any atom is 0.291 e. The molecule has 4 aromatic heterocycles. The van der Waals surface area contributed by atoms with Crippen LogP contribution in [0.15, 0.2) is 56.3 Å². The van der Waals surface area contributed by atoms with Crippen molar-refractivity contribution in [1.82, 2.24) is 14.6 Å². The Morgan fingerprint density at radius 1 is 1.14 bits per heavy atom. The lowest BCUT2D eigenvalue weighted by Crippen LogP contribution is -2.23. The lowest BCUT2D eigenvalue weighted by atomic mass is 10.2. The lowest BCUT2D eigenvalue weighted by molar-refractivity contribution is 0.535. The van der Waals surface area contributed by atoms with Gasteiger partial charge in [0, 0.05) is 21.7 Å². The van der Waals surface area contributed by atoms with Crippen LogP contribution in [0.5, 0.6) is 0 Å². The van der Waals surface area contributed by atoms with Gasteiger partial charge in [0.25, 0.3) is 5.56 Å². The van der Waals surface area contributed by atoms with Gasteiger partial charge in [0.2, 0.25) is 4.96 Å². The summed E-state index contributed by atoms with van der Waals surface area (Å²) >= 11 is 13.3. The molecule has 0 bridgehead atoms. The molecule has 0 aliphatic rings. The second kappa shape index (κ2) is 6.88. The predicted molar refractivity (Wildman–Crippen MR) is 113 cm³/mol. The van der Waals surface area contributed by atoms with Gasteiger partial charge in [0.1, 0.15) is 21.8 Å². The lowest BCUT2D eigenvalue weighted by Gasteiger charge is -1.99. The largest absolute Gasteiger partial charge is 0.469 e. The van der Waals surface area contributed by atoms with Crippen LogP contribution in [-0.2, 0) is 0 Å². The van der Waals surface area contributed by atoms with E-state index in [4.69, 9.17) is 32.0 Å². The average molecular weight is 444 g/mol. The molecule has 0 atom stereocenters. The number of fused-ring (bicyclic) bond motifs is 1. The summed E-state index contributed by atoms with van der Waals surface area (Å²) in [5.74, 6) is 2.30. The van der Waals surface area contributed by atoms with Gasteiger partial charge in [0.05, 0.1) is 11.8 Å². The molecule has 5 rings (SSSR count). The van der Waals surface area contributed by atoms with E-state index in [-0.39, 0.29) is 5.56 Å². The van der Waals surface area contributed by atoms with Crippen LogP contribution in [-0.4, -0.2) is 14.6 Å². The molecule has 0 saturated carbocycles. The van der Waals surface area contributed by atoms with E-state index >= 15 is 0 Å². The van der Waals surface area contributed by atoms with Gasteiger partial charge in [-0.15, -0.1) is 5.10 Å². The molecule has 0 unspecified atom stereocenters. The fourth-order valence-corrected chi connectivity index (χ4v) is 4.39. The normalized spacial score (nSPS) is 12.3. The summed E-state index contributed by atoms with van der Waals surface area (Å²) in [4.78, 5) is 17.7. The average Bonchev–Trinajstić information content (AvgIpc) is 3.42. The van der Waals surface area contributed by atoms with Crippen LogP contribution < -0.4 is 10.1 Å². The molecular weight excluding hydrogens is 433 g/mol. The second-order valence-corrected chi connectivity index (χ2v) is 8.18. The minimum atomic E-state index is -0.256. The van der Waals surface area contributed by atoms with Crippen LogP contribution in [0.1, 0.15) is 11.5 Å². The minimum Gasteiger partial charge on any atom is -0.469 e. The Hall–Kier alpha value is -2.87. The number of rotatable bonds is 3. The maximum absolute atomic E-state index is 12.7. The van der Waals surface area contributed by atoms with Crippen molar-refractivity contribution in [3.63, 3.8) is 0 Å². The van der Waals surface area contributed by atoms with Crippen molar-refractivity contribution in [1.29, 1.82) is 0 Å². The number of nitrogens with zero attached hydrogens (tertiary/aromatic N) is 3. The third-order valence-electron chi connectivity index (χ3n) is 4.33. The van der Waals surface area contributed by atoms with Crippen molar-refractivity contribution in [2.24, 2.45) is 0 Å². The number of benzene rings is 1. The molecule has 144 valence electrons. The Morgan fingerprint density at radius 3 is 2.62 bits per heavy atom. The quantitative estimate of drug-likeness (QED) is 0.399. The zero-order valence-electron chi connectivity index (χ0n) is 14.8. The van der Waals surface area contributed by atoms with Crippen molar-refractivity contribution in [2.75, 3.05) is 0 Å². The van der Waals surface area contributed by atoms with E-state index in [1.165, 1.54) is 15.9 Å². The molecule has 0 fully saturated rings. The van der Waals surface area contributed by atoms with Crippen LogP contribution in [0.25, 0.3) is 33.7 Å². The van der Waals surface area contributed by atoms with E-state index in [9.17, 15) is 4.79 Å². The maximum atomic E-state index is 12.7. The summed E-state index contributed by atoms with van der Waals surface area (Å²) in [5.41, 5.74) is 1.27. The zero-order valence-corrected chi connectivity index (χ0v) is 17.2. The highest BCUT2D eigenvalue weighted by Gasteiger charge is 2.15. The highest BCUT2D eigenvalue weighted by atomic mass is 35.5. The summed E-state index contributed by atoms with van der Waals surface area (Å²) in [6, 6.07) is 10.5. The highest BCUT2D eigenvalue weighted by Crippen LogP contribution is 2.29. The molecule has 0 saturated heterocycles. The molecule has 4 heterocycles. The molecule has 0 aliphatic carbocycles. The van der Waals surface area contributed by atoms with Crippen LogP contribution in [0.4, 0.5) is 0 Å². The fraction of sp³-hybridized carbons (Fsp3) is 0.0500. The van der Waals surface area contributed by atoms with Crippen molar-refractivity contribution < 1.29 is 8.83 Å². The molecule has 29 heavy (non-hydrogen) atoms. The molecule has 0 radical (unpaired) electrons. The smallest absolute Gasteiger partial charge is 0.291 e. The van der Waals surface area contributed by atoms with Crippen molar-refractivity contribution in [3.05, 3.63) is 79.1 Å². The van der Waals surface area contributed by atoms with Gasteiger partial charge < -0.3 is 8.83 Å². The molecule has 5 aromatic rings. The van der Waals surface area contributed by atoms with E-state index in [2.05, 4.69) is 10.1 Å². The molecule has 1 aromatic carbocycles. The first-order valence-electron chi connectivity index (χ1n) is 8.50. The number of thiazole rings is 1. The van der Waals surface area contributed by atoms with Crippen LogP contribution in [0, 0.1) is 6.92 Å². The molecule has 9 heteroatoms. The summed E-state index contributed by atoms with van der Waals surface area (Å²) < 4.78 is 12.9.